The van der Waals surface area contributed by atoms with Crippen molar-refractivity contribution in [2.75, 3.05) is 7.05 Å². The summed E-state index contributed by atoms with van der Waals surface area (Å²) in [6.07, 6.45) is 3.25. The maximum Gasteiger partial charge on any atom is 0.166 e. The number of carbonyl (C=O) groups excluding carboxylic acids is 1. The normalized spacial score (nSPS) is 10.7. The minimum absolute atomic E-state index is 0.302. The molecule has 0 atom stereocenters. The Morgan fingerprint density at radius 3 is 2.81 bits per heavy atom. The molecule has 0 radical (unpaired) electrons. The molecule has 1 aromatic carbocycles. The van der Waals surface area contributed by atoms with Gasteiger partial charge in [0, 0.05) is 7.05 Å². The molecule has 1 N–H and O–H groups in total. The number of aldehydes is 1. The molecule has 0 bridgehead atoms. The molecule has 0 amide bonds. The van der Waals surface area contributed by atoms with E-state index in [0.29, 0.717) is 23.2 Å². The van der Waals surface area contributed by atoms with Gasteiger partial charge >= 0.3 is 0 Å². The van der Waals surface area contributed by atoms with E-state index in [-0.39, 0.29) is 0 Å². The Balaban J connectivity index is 3.07. The summed E-state index contributed by atoms with van der Waals surface area (Å²) >= 11 is 0. The van der Waals surface area contributed by atoms with Gasteiger partial charge < -0.3 is 4.90 Å². The van der Waals surface area contributed by atoms with Crippen LogP contribution < -0.4 is 0 Å². The van der Waals surface area contributed by atoms with E-state index < -0.39 is 0 Å². The average molecular weight is 217 g/mol. The van der Waals surface area contributed by atoms with Crippen LogP contribution in [0.15, 0.2) is 35.1 Å². The molecule has 0 heterocycles. The van der Waals surface area contributed by atoms with Gasteiger partial charge in [0.15, 0.2) is 6.29 Å². The number of likely N-dealkylation sites (N-methyl/N-ethyl adjacent to an activating group) is 1. The molecule has 0 aliphatic rings. The highest BCUT2D eigenvalue weighted by Crippen LogP contribution is 2.16. The lowest BCUT2D eigenvalue weighted by Crippen LogP contribution is -2.15. The Hall–Kier alpha value is -2.30. The Kier molecular flexibility index (Phi) is 4.08. The summed E-state index contributed by atoms with van der Waals surface area (Å²) in [6.45, 7) is 0. The summed E-state index contributed by atoms with van der Waals surface area (Å²) in [4.78, 5) is 22.5. The van der Waals surface area contributed by atoms with E-state index in [1.54, 1.807) is 37.4 Å². The van der Waals surface area contributed by atoms with Crippen molar-refractivity contribution in [1.82, 2.24) is 4.90 Å². The van der Waals surface area contributed by atoms with Crippen molar-refractivity contribution in [3.05, 3.63) is 40.4 Å². The molecular formula is C11H11N3O2. The first-order valence-corrected chi connectivity index (χ1v) is 4.55. The third-order valence-corrected chi connectivity index (χ3v) is 2.01. The molecule has 1 rings (SSSR count). The second-order valence-electron chi connectivity index (χ2n) is 3.11. The van der Waals surface area contributed by atoms with Crippen LogP contribution in [0.4, 0.5) is 5.69 Å². The van der Waals surface area contributed by atoms with Crippen LogP contribution in [-0.2, 0) is 4.79 Å². The summed E-state index contributed by atoms with van der Waals surface area (Å²) in [6, 6.07) is 6.56. The number of benzene rings is 1. The maximum absolute atomic E-state index is 10.8. The molecule has 5 heteroatoms. The third-order valence-electron chi connectivity index (χ3n) is 2.01. The summed E-state index contributed by atoms with van der Waals surface area (Å²) in [5, 5.41) is 9.82. The van der Waals surface area contributed by atoms with Crippen LogP contribution in [-0.4, -0.2) is 24.6 Å². The fourth-order valence-electron chi connectivity index (χ4n) is 1.14. The van der Waals surface area contributed by atoms with Crippen LogP contribution in [0, 0.1) is 10.3 Å². The lowest BCUT2D eigenvalue weighted by molar-refractivity contribution is -0.105. The van der Waals surface area contributed by atoms with Crippen molar-refractivity contribution < 1.29 is 4.79 Å². The molecule has 0 fully saturated rings. The highest BCUT2D eigenvalue weighted by atomic mass is 16.3. The largest absolute Gasteiger partial charge is 0.333 e. The number of rotatable bonds is 5. The molecule has 16 heavy (non-hydrogen) atoms. The number of allylic oxidation sites excluding steroid dienone is 1. The van der Waals surface area contributed by atoms with Gasteiger partial charge in [0.25, 0.3) is 0 Å². The van der Waals surface area contributed by atoms with Crippen LogP contribution in [0.3, 0.4) is 0 Å². The zero-order chi connectivity index (χ0) is 12.0. The summed E-state index contributed by atoms with van der Waals surface area (Å²) in [5.41, 5.74) is 1.32. The van der Waals surface area contributed by atoms with Gasteiger partial charge in [-0.3, -0.25) is 10.2 Å². The monoisotopic (exact) mass is 217 g/mol. The molecule has 0 aliphatic heterocycles. The lowest BCUT2D eigenvalue weighted by Gasteiger charge is -2.10. The molecule has 5 nitrogen and oxygen atoms in total. The van der Waals surface area contributed by atoms with Crippen LogP contribution in [0.5, 0.6) is 0 Å². The van der Waals surface area contributed by atoms with Crippen molar-refractivity contribution in [1.29, 1.82) is 5.41 Å². The van der Waals surface area contributed by atoms with Gasteiger partial charge in [0.1, 0.15) is 5.69 Å². The third kappa shape index (κ3) is 2.84. The Bertz CT molecular complexity index is 441. The average Bonchev–Trinajstić information content (AvgIpc) is 2.35. The Morgan fingerprint density at radius 1 is 1.50 bits per heavy atom. The highest BCUT2D eigenvalue weighted by Gasteiger charge is 2.01. The van der Waals surface area contributed by atoms with E-state index in [0.717, 1.165) is 6.34 Å². The van der Waals surface area contributed by atoms with Gasteiger partial charge in [0.05, 0.1) is 12.0 Å². The minimum Gasteiger partial charge on any atom is -0.333 e. The number of nitroso groups, excluding NO2 is 1. The van der Waals surface area contributed by atoms with Crippen LogP contribution in [0.2, 0.25) is 0 Å². The fourth-order valence-corrected chi connectivity index (χ4v) is 1.14. The van der Waals surface area contributed by atoms with Crippen molar-refractivity contribution in [2.24, 2.45) is 5.18 Å². The van der Waals surface area contributed by atoms with Crippen molar-refractivity contribution in [3.63, 3.8) is 0 Å². The van der Waals surface area contributed by atoms with E-state index in [4.69, 9.17) is 5.41 Å². The van der Waals surface area contributed by atoms with Gasteiger partial charge in [-0.15, -0.1) is 4.91 Å². The van der Waals surface area contributed by atoms with E-state index in [9.17, 15) is 9.70 Å². The zero-order valence-corrected chi connectivity index (χ0v) is 8.75. The van der Waals surface area contributed by atoms with E-state index >= 15 is 0 Å². The topological polar surface area (TPSA) is 73.6 Å². The minimum atomic E-state index is 0.302. The maximum atomic E-state index is 10.8. The van der Waals surface area contributed by atoms with Crippen molar-refractivity contribution >= 4 is 24.4 Å². The molecule has 0 saturated carbocycles. The molecule has 0 spiro atoms. The fraction of sp³-hybridized carbons (Fsp3) is 0.0909. The first-order chi connectivity index (χ1) is 7.71. The standard InChI is InChI=1S/C11H11N3O2/c1-14(8-12)11(7-15)6-9-3-2-4-10(5-9)13-16/h2-8,12H,1H3/b11-6-,12-8?. The van der Waals surface area contributed by atoms with Gasteiger partial charge in [-0.1, -0.05) is 12.1 Å². The molecule has 0 aliphatic carbocycles. The zero-order valence-electron chi connectivity index (χ0n) is 8.75. The number of nitrogens with zero attached hydrogens (tertiary/aromatic N) is 2. The molecule has 0 aromatic heterocycles. The Morgan fingerprint density at radius 2 is 2.25 bits per heavy atom. The number of hydrogen-bond donors (Lipinski definition) is 1. The summed E-state index contributed by atoms with van der Waals surface area (Å²) in [7, 11) is 1.59. The number of carbonyl (C=O) groups is 1. The number of hydrogen-bond acceptors (Lipinski definition) is 4. The highest BCUT2D eigenvalue weighted by molar-refractivity contribution is 5.84. The van der Waals surface area contributed by atoms with Gasteiger partial charge in [0.2, 0.25) is 0 Å². The van der Waals surface area contributed by atoms with Crippen molar-refractivity contribution in [2.45, 2.75) is 0 Å². The molecule has 0 unspecified atom stereocenters. The second kappa shape index (κ2) is 5.55. The van der Waals surface area contributed by atoms with E-state index in [1.165, 1.54) is 4.90 Å². The van der Waals surface area contributed by atoms with Crippen LogP contribution >= 0.6 is 0 Å². The molecule has 1 aromatic rings. The van der Waals surface area contributed by atoms with Gasteiger partial charge in [-0.2, -0.15) is 0 Å². The van der Waals surface area contributed by atoms with Crippen LogP contribution in [0.1, 0.15) is 5.56 Å². The lowest BCUT2D eigenvalue weighted by atomic mass is 10.1. The van der Waals surface area contributed by atoms with Gasteiger partial charge in [-0.05, 0) is 28.9 Å². The molecule has 82 valence electrons. The molecule has 0 saturated heterocycles. The predicted molar refractivity (Wildman–Crippen MR) is 62.5 cm³/mol. The predicted octanol–water partition coefficient (Wildman–Crippen LogP) is 2.16. The SMILES string of the molecule is CN(C=N)/C(C=O)=C\c1cccc(N=O)c1. The van der Waals surface area contributed by atoms with Crippen LogP contribution in [0.25, 0.3) is 6.08 Å². The number of nitrogens with one attached hydrogen (secondary N) is 1. The first-order valence-electron chi connectivity index (χ1n) is 4.55. The first kappa shape index (κ1) is 11.8. The second-order valence-corrected chi connectivity index (χ2v) is 3.11. The smallest absolute Gasteiger partial charge is 0.166 e. The summed E-state index contributed by atoms with van der Waals surface area (Å²) in [5.74, 6) is 0. The molecular weight excluding hydrogens is 206 g/mol. The van der Waals surface area contributed by atoms with E-state index in [2.05, 4.69) is 5.18 Å². The van der Waals surface area contributed by atoms with Gasteiger partial charge in [-0.25, -0.2) is 0 Å². The summed E-state index contributed by atoms with van der Waals surface area (Å²) < 4.78 is 0. The quantitative estimate of drug-likeness (QED) is 0.270. The van der Waals surface area contributed by atoms with Crippen molar-refractivity contribution in [3.8, 4) is 0 Å². The Labute approximate surface area is 92.9 Å². The van der Waals surface area contributed by atoms with E-state index in [1.807, 2.05) is 0 Å².